The molecular formula is C21H27ClN2O4. The molecular weight excluding hydrogens is 380 g/mol. The molecule has 1 aliphatic heterocycles. The van der Waals surface area contributed by atoms with E-state index in [2.05, 4.69) is 10.1 Å². The van der Waals surface area contributed by atoms with E-state index in [0.29, 0.717) is 24.7 Å². The number of carbonyl (C=O) groups is 3. The lowest BCUT2D eigenvalue weighted by atomic mass is 9.93. The van der Waals surface area contributed by atoms with Gasteiger partial charge in [0.2, 0.25) is 11.8 Å². The summed E-state index contributed by atoms with van der Waals surface area (Å²) in [6.45, 7) is 1.89. The first-order chi connectivity index (χ1) is 13.4. The summed E-state index contributed by atoms with van der Waals surface area (Å²) in [6, 6.07) is 7.50. The van der Waals surface area contributed by atoms with Crippen LogP contribution >= 0.6 is 11.6 Å². The van der Waals surface area contributed by atoms with Gasteiger partial charge in [0.15, 0.2) is 0 Å². The second kappa shape index (κ2) is 8.95. The number of rotatable bonds is 7. The highest BCUT2D eigenvalue weighted by molar-refractivity contribution is 6.30. The van der Waals surface area contributed by atoms with E-state index < -0.39 is 5.41 Å². The van der Waals surface area contributed by atoms with E-state index in [4.69, 9.17) is 11.6 Å². The number of likely N-dealkylation sites (tertiary alicyclic amines) is 1. The minimum Gasteiger partial charge on any atom is -0.469 e. The van der Waals surface area contributed by atoms with Crippen molar-refractivity contribution in [1.82, 2.24) is 10.2 Å². The molecule has 2 aliphatic rings. The molecule has 3 rings (SSSR count). The van der Waals surface area contributed by atoms with E-state index in [0.717, 1.165) is 31.2 Å². The molecule has 1 saturated carbocycles. The molecule has 0 unspecified atom stereocenters. The second-order valence-electron chi connectivity index (χ2n) is 7.72. The van der Waals surface area contributed by atoms with Crippen molar-refractivity contribution in [2.24, 2.45) is 5.92 Å². The van der Waals surface area contributed by atoms with Gasteiger partial charge in [-0.15, -0.1) is 0 Å². The second-order valence-corrected chi connectivity index (χ2v) is 8.16. The van der Waals surface area contributed by atoms with Crippen LogP contribution in [0.15, 0.2) is 24.3 Å². The predicted molar refractivity (Wildman–Crippen MR) is 106 cm³/mol. The van der Waals surface area contributed by atoms with Gasteiger partial charge in [-0.25, -0.2) is 0 Å². The average molecular weight is 407 g/mol. The molecule has 2 amide bonds. The maximum absolute atomic E-state index is 12.8. The molecule has 1 saturated heterocycles. The monoisotopic (exact) mass is 406 g/mol. The van der Waals surface area contributed by atoms with Crippen molar-refractivity contribution in [3.05, 3.63) is 34.9 Å². The summed E-state index contributed by atoms with van der Waals surface area (Å²) >= 11 is 5.95. The molecule has 1 aromatic carbocycles. The molecule has 0 radical (unpaired) electrons. The number of halogens is 1. The van der Waals surface area contributed by atoms with Crippen molar-refractivity contribution in [1.29, 1.82) is 0 Å². The lowest BCUT2D eigenvalue weighted by Crippen LogP contribution is -2.45. The molecule has 2 fully saturated rings. The summed E-state index contributed by atoms with van der Waals surface area (Å²) in [7, 11) is 1.32. The molecule has 0 aromatic heterocycles. The number of hydrogen-bond acceptors (Lipinski definition) is 4. The Hall–Kier alpha value is -2.08. The van der Waals surface area contributed by atoms with Crippen LogP contribution in [0.2, 0.25) is 5.02 Å². The topological polar surface area (TPSA) is 75.7 Å². The summed E-state index contributed by atoms with van der Waals surface area (Å²) in [6.07, 6.45) is 3.87. The number of nitrogens with one attached hydrogen (secondary N) is 1. The molecule has 28 heavy (non-hydrogen) atoms. The number of carbonyl (C=O) groups excluding carboxylic acids is 3. The van der Waals surface area contributed by atoms with Gasteiger partial charge in [-0.05, 0) is 49.3 Å². The SMILES string of the molecule is COC(=O)CCC(=O)N1CCC[C@@H](CNC(=O)C2(c3ccc(Cl)cc3)CC2)C1. The van der Waals surface area contributed by atoms with Gasteiger partial charge >= 0.3 is 5.97 Å². The van der Waals surface area contributed by atoms with Crippen LogP contribution in [0.1, 0.15) is 44.1 Å². The molecule has 1 N–H and O–H groups in total. The lowest BCUT2D eigenvalue weighted by molar-refractivity contribution is -0.144. The first kappa shape index (κ1) is 20.6. The van der Waals surface area contributed by atoms with Crippen LogP contribution in [-0.2, 0) is 24.5 Å². The minimum atomic E-state index is -0.421. The Bertz CT molecular complexity index is 730. The van der Waals surface area contributed by atoms with Crippen LogP contribution in [0.25, 0.3) is 0 Å². The number of piperidine rings is 1. The summed E-state index contributed by atoms with van der Waals surface area (Å²) < 4.78 is 4.59. The standard InChI is InChI=1S/C21H27ClN2O4/c1-28-19(26)9-8-18(25)24-12-2-3-15(14-24)13-23-20(27)21(10-11-21)16-4-6-17(22)7-5-16/h4-7,15H,2-3,8-14H2,1H3,(H,23,27)/t15-/m0/s1. The fraction of sp³-hybridized carbons (Fsp3) is 0.571. The maximum atomic E-state index is 12.8. The third-order valence-corrected chi connectivity index (χ3v) is 6.03. The largest absolute Gasteiger partial charge is 0.469 e. The van der Waals surface area contributed by atoms with Crippen LogP contribution in [0.4, 0.5) is 0 Å². The number of methoxy groups -OCH3 is 1. The first-order valence-corrected chi connectivity index (χ1v) is 10.2. The van der Waals surface area contributed by atoms with Crippen molar-refractivity contribution in [2.45, 2.75) is 43.9 Å². The first-order valence-electron chi connectivity index (χ1n) is 9.83. The highest BCUT2D eigenvalue weighted by Gasteiger charge is 2.51. The Morgan fingerprint density at radius 1 is 1.21 bits per heavy atom. The zero-order valence-corrected chi connectivity index (χ0v) is 17.0. The van der Waals surface area contributed by atoms with E-state index in [1.807, 2.05) is 24.3 Å². The van der Waals surface area contributed by atoms with E-state index in [1.54, 1.807) is 4.90 Å². The minimum absolute atomic E-state index is 0.0266. The molecule has 0 spiro atoms. The Balaban J connectivity index is 1.49. The Morgan fingerprint density at radius 2 is 1.93 bits per heavy atom. The van der Waals surface area contributed by atoms with Crippen molar-refractivity contribution in [3.8, 4) is 0 Å². The zero-order valence-electron chi connectivity index (χ0n) is 16.2. The molecule has 6 nitrogen and oxygen atoms in total. The van der Waals surface area contributed by atoms with Crippen LogP contribution < -0.4 is 5.32 Å². The average Bonchev–Trinajstić information content (AvgIpc) is 3.52. The molecule has 7 heteroatoms. The van der Waals surface area contributed by atoms with Crippen LogP contribution in [0.3, 0.4) is 0 Å². The van der Waals surface area contributed by atoms with Gasteiger partial charge in [0.25, 0.3) is 0 Å². The van der Waals surface area contributed by atoms with Gasteiger partial charge in [-0.1, -0.05) is 23.7 Å². The highest BCUT2D eigenvalue weighted by Crippen LogP contribution is 2.48. The Kier molecular flexibility index (Phi) is 6.60. The fourth-order valence-electron chi connectivity index (χ4n) is 3.87. The zero-order chi connectivity index (χ0) is 20.1. The summed E-state index contributed by atoms with van der Waals surface area (Å²) in [4.78, 5) is 38.1. The molecule has 1 aromatic rings. The van der Waals surface area contributed by atoms with Gasteiger partial charge in [0.05, 0.1) is 18.9 Å². The molecule has 152 valence electrons. The summed E-state index contributed by atoms with van der Waals surface area (Å²) in [5.74, 6) is -0.0999. The van der Waals surface area contributed by atoms with E-state index in [9.17, 15) is 14.4 Å². The van der Waals surface area contributed by atoms with E-state index in [-0.39, 0.29) is 36.5 Å². The molecule has 0 bridgehead atoms. The van der Waals surface area contributed by atoms with Crippen molar-refractivity contribution >= 4 is 29.4 Å². The third kappa shape index (κ3) is 4.85. The van der Waals surface area contributed by atoms with Crippen molar-refractivity contribution in [3.63, 3.8) is 0 Å². The number of hydrogen-bond donors (Lipinski definition) is 1. The van der Waals surface area contributed by atoms with Crippen molar-refractivity contribution in [2.75, 3.05) is 26.7 Å². The van der Waals surface area contributed by atoms with E-state index in [1.165, 1.54) is 7.11 Å². The third-order valence-electron chi connectivity index (χ3n) is 5.78. The number of esters is 1. The van der Waals surface area contributed by atoms with Crippen LogP contribution in [-0.4, -0.2) is 49.4 Å². The normalized spacial score (nSPS) is 20.4. The lowest BCUT2D eigenvalue weighted by Gasteiger charge is -2.33. The molecule has 1 atom stereocenters. The van der Waals surface area contributed by atoms with Gasteiger partial charge in [0, 0.05) is 31.1 Å². The van der Waals surface area contributed by atoms with Gasteiger partial charge in [0.1, 0.15) is 0 Å². The summed E-state index contributed by atoms with van der Waals surface area (Å²) in [5.41, 5.74) is 0.590. The number of ether oxygens (including phenoxy) is 1. The Morgan fingerprint density at radius 3 is 2.57 bits per heavy atom. The fourth-order valence-corrected chi connectivity index (χ4v) is 4.00. The predicted octanol–water partition coefficient (Wildman–Crippen LogP) is 2.68. The molecule has 1 heterocycles. The number of nitrogens with zero attached hydrogens (tertiary/aromatic N) is 1. The van der Waals surface area contributed by atoms with Gasteiger partial charge < -0.3 is 15.0 Å². The highest BCUT2D eigenvalue weighted by atomic mass is 35.5. The molecule has 1 aliphatic carbocycles. The maximum Gasteiger partial charge on any atom is 0.306 e. The smallest absolute Gasteiger partial charge is 0.306 e. The van der Waals surface area contributed by atoms with Crippen molar-refractivity contribution < 1.29 is 19.1 Å². The van der Waals surface area contributed by atoms with E-state index >= 15 is 0 Å². The number of amides is 2. The van der Waals surface area contributed by atoms with Gasteiger partial charge in [-0.2, -0.15) is 0 Å². The van der Waals surface area contributed by atoms with Crippen LogP contribution in [0, 0.1) is 5.92 Å². The van der Waals surface area contributed by atoms with Crippen LogP contribution in [0.5, 0.6) is 0 Å². The quantitative estimate of drug-likeness (QED) is 0.706. The summed E-state index contributed by atoms with van der Waals surface area (Å²) in [5, 5.41) is 3.77. The number of benzene rings is 1. The Labute approximate surface area is 170 Å². The van der Waals surface area contributed by atoms with Gasteiger partial charge in [-0.3, -0.25) is 14.4 Å².